The standard InChI is InChI=1S/C11H14N2O/c12-10(8-6-7-8)11(14)13-9-4-2-1-3-5-9/h1-5,8,10H,6-7,12H2,(H,13,14)/t10-/m1/s1. The summed E-state index contributed by atoms with van der Waals surface area (Å²) >= 11 is 0. The van der Waals surface area contributed by atoms with Gasteiger partial charge in [0.2, 0.25) is 5.91 Å². The van der Waals surface area contributed by atoms with Crippen LogP contribution in [0.2, 0.25) is 0 Å². The summed E-state index contributed by atoms with van der Waals surface area (Å²) in [5.74, 6) is 0.331. The molecule has 0 unspecified atom stereocenters. The molecule has 0 saturated heterocycles. The van der Waals surface area contributed by atoms with Gasteiger partial charge in [-0.05, 0) is 30.9 Å². The van der Waals surface area contributed by atoms with Crippen molar-refractivity contribution < 1.29 is 4.79 Å². The molecule has 14 heavy (non-hydrogen) atoms. The SMILES string of the molecule is N[C@@H](C(=O)Nc1ccccc1)C1CC1. The normalized spacial score (nSPS) is 17.5. The van der Waals surface area contributed by atoms with Gasteiger partial charge in [0.15, 0.2) is 0 Å². The maximum atomic E-state index is 11.6. The molecule has 0 spiro atoms. The lowest BCUT2D eigenvalue weighted by Crippen LogP contribution is -2.37. The highest BCUT2D eigenvalue weighted by Gasteiger charge is 2.33. The van der Waals surface area contributed by atoms with Crippen molar-refractivity contribution >= 4 is 11.6 Å². The Morgan fingerprint density at radius 1 is 1.36 bits per heavy atom. The monoisotopic (exact) mass is 190 g/mol. The summed E-state index contributed by atoms with van der Waals surface area (Å²) in [7, 11) is 0. The molecule has 2 rings (SSSR count). The summed E-state index contributed by atoms with van der Waals surface area (Å²) in [5, 5.41) is 2.80. The van der Waals surface area contributed by atoms with Gasteiger partial charge in [0, 0.05) is 5.69 Å². The van der Waals surface area contributed by atoms with E-state index in [1.165, 1.54) is 0 Å². The number of amides is 1. The maximum Gasteiger partial charge on any atom is 0.241 e. The minimum atomic E-state index is -0.338. The van der Waals surface area contributed by atoms with E-state index < -0.39 is 0 Å². The summed E-state index contributed by atoms with van der Waals surface area (Å²) in [6, 6.07) is 9.07. The van der Waals surface area contributed by atoms with E-state index in [9.17, 15) is 4.79 Å². The van der Waals surface area contributed by atoms with Crippen LogP contribution < -0.4 is 11.1 Å². The molecule has 1 aliphatic carbocycles. The smallest absolute Gasteiger partial charge is 0.241 e. The van der Waals surface area contributed by atoms with Crippen molar-refractivity contribution in [2.75, 3.05) is 5.32 Å². The van der Waals surface area contributed by atoms with E-state index in [1.807, 2.05) is 30.3 Å². The van der Waals surface area contributed by atoms with Crippen LogP contribution in [0.4, 0.5) is 5.69 Å². The van der Waals surface area contributed by atoms with Crippen LogP contribution in [-0.4, -0.2) is 11.9 Å². The van der Waals surface area contributed by atoms with Crippen molar-refractivity contribution in [3.05, 3.63) is 30.3 Å². The fourth-order valence-electron chi connectivity index (χ4n) is 1.42. The van der Waals surface area contributed by atoms with Gasteiger partial charge >= 0.3 is 0 Å². The molecule has 1 amide bonds. The third-order valence-corrected chi connectivity index (χ3v) is 2.47. The molecule has 3 N–H and O–H groups in total. The Morgan fingerprint density at radius 3 is 2.57 bits per heavy atom. The minimum Gasteiger partial charge on any atom is -0.325 e. The number of para-hydroxylation sites is 1. The minimum absolute atomic E-state index is 0.0706. The predicted molar refractivity (Wildman–Crippen MR) is 55.8 cm³/mol. The van der Waals surface area contributed by atoms with Crippen molar-refractivity contribution in [2.24, 2.45) is 11.7 Å². The van der Waals surface area contributed by atoms with E-state index in [0.29, 0.717) is 5.92 Å². The van der Waals surface area contributed by atoms with E-state index in [2.05, 4.69) is 5.32 Å². The number of nitrogens with one attached hydrogen (secondary N) is 1. The molecule has 3 nitrogen and oxygen atoms in total. The zero-order chi connectivity index (χ0) is 9.97. The van der Waals surface area contributed by atoms with Crippen LogP contribution in [-0.2, 0) is 4.79 Å². The molecule has 1 aromatic carbocycles. The predicted octanol–water partition coefficient (Wildman–Crippen LogP) is 1.36. The topological polar surface area (TPSA) is 55.1 Å². The fourth-order valence-corrected chi connectivity index (χ4v) is 1.42. The quantitative estimate of drug-likeness (QED) is 0.756. The third-order valence-electron chi connectivity index (χ3n) is 2.47. The average Bonchev–Trinajstić information content (AvgIpc) is 3.01. The Kier molecular flexibility index (Phi) is 2.50. The Bertz CT molecular complexity index is 319. The number of anilines is 1. The third kappa shape index (κ3) is 2.12. The van der Waals surface area contributed by atoms with Gasteiger partial charge in [0.1, 0.15) is 0 Å². The van der Waals surface area contributed by atoms with Crippen molar-refractivity contribution in [1.82, 2.24) is 0 Å². The lowest BCUT2D eigenvalue weighted by atomic mass is 10.2. The molecule has 0 radical (unpaired) electrons. The second-order valence-electron chi connectivity index (χ2n) is 3.72. The lowest BCUT2D eigenvalue weighted by Gasteiger charge is -2.10. The number of nitrogens with two attached hydrogens (primary N) is 1. The molecule has 1 aromatic rings. The van der Waals surface area contributed by atoms with Crippen molar-refractivity contribution in [3.8, 4) is 0 Å². The van der Waals surface area contributed by atoms with Gasteiger partial charge < -0.3 is 11.1 Å². The van der Waals surface area contributed by atoms with E-state index in [1.54, 1.807) is 0 Å². The fraction of sp³-hybridized carbons (Fsp3) is 0.364. The number of hydrogen-bond acceptors (Lipinski definition) is 2. The van der Waals surface area contributed by atoms with Crippen LogP contribution in [0, 0.1) is 5.92 Å². The number of hydrogen-bond donors (Lipinski definition) is 2. The number of carbonyl (C=O) groups excluding carboxylic acids is 1. The first kappa shape index (κ1) is 9.21. The van der Waals surface area contributed by atoms with E-state index >= 15 is 0 Å². The second kappa shape index (κ2) is 3.80. The van der Waals surface area contributed by atoms with Crippen LogP contribution in [0.15, 0.2) is 30.3 Å². The van der Waals surface area contributed by atoms with E-state index in [0.717, 1.165) is 18.5 Å². The molecule has 1 aliphatic rings. The summed E-state index contributed by atoms with van der Waals surface area (Å²) in [6.45, 7) is 0. The molecular formula is C11H14N2O. The first-order valence-corrected chi connectivity index (χ1v) is 4.89. The second-order valence-corrected chi connectivity index (χ2v) is 3.72. The first-order chi connectivity index (χ1) is 6.77. The molecule has 1 saturated carbocycles. The van der Waals surface area contributed by atoms with Crippen LogP contribution >= 0.6 is 0 Å². The maximum absolute atomic E-state index is 11.6. The number of carbonyl (C=O) groups is 1. The first-order valence-electron chi connectivity index (χ1n) is 4.89. The van der Waals surface area contributed by atoms with E-state index in [-0.39, 0.29) is 11.9 Å². The molecule has 0 aliphatic heterocycles. The molecule has 0 bridgehead atoms. The Morgan fingerprint density at radius 2 is 2.00 bits per heavy atom. The summed E-state index contributed by atoms with van der Waals surface area (Å²) in [6.07, 6.45) is 2.17. The molecule has 1 atom stereocenters. The van der Waals surface area contributed by atoms with Gasteiger partial charge in [0.05, 0.1) is 6.04 Å². The Balaban J connectivity index is 1.94. The molecule has 1 fully saturated rings. The zero-order valence-electron chi connectivity index (χ0n) is 7.94. The Labute approximate surface area is 83.3 Å². The highest BCUT2D eigenvalue weighted by Crippen LogP contribution is 2.31. The van der Waals surface area contributed by atoms with Gasteiger partial charge in [0.25, 0.3) is 0 Å². The average molecular weight is 190 g/mol. The van der Waals surface area contributed by atoms with Gasteiger partial charge in [-0.15, -0.1) is 0 Å². The van der Waals surface area contributed by atoms with Gasteiger partial charge in [-0.25, -0.2) is 0 Å². The van der Waals surface area contributed by atoms with Crippen molar-refractivity contribution in [2.45, 2.75) is 18.9 Å². The molecule has 74 valence electrons. The highest BCUT2D eigenvalue weighted by molar-refractivity contribution is 5.95. The van der Waals surface area contributed by atoms with Gasteiger partial charge in [-0.2, -0.15) is 0 Å². The van der Waals surface area contributed by atoms with Crippen LogP contribution in [0.25, 0.3) is 0 Å². The molecule has 0 aromatic heterocycles. The summed E-state index contributed by atoms with van der Waals surface area (Å²) < 4.78 is 0. The van der Waals surface area contributed by atoms with Gasteiger partial charge in [-0.1, -0.05) is 18.2 Å². The van der Waals surface area contributed by atoms with Crippen molar-refractivity contribution in [1.29, 1.82) is 0 Å². The number of rotatable bonds is 3. The molecular weight excluding hydrogens is 176 g/mol. The van der Waals surface area contributed by atoms with Gasteiger partial charge in [-0.3, -0.25) is 4.79 Å². The summed E-state index contributed by atoms with van der Waals surface area (Å²) in [5.41, 5.74) is 6.57. The Hall–Kier alpha value is -1.35. The highest BCUT2D eigenvalue weighted by atomic mass is 16.2. The van der Waals surface area contributed by atoms with Crippen molar-refractivity contribution in [3.63, 3.8) is 0 Å². The summed E-state index contributed by atoms with van der Waals surface area (Å²) in [4.78, 5) is 11.6. The van der Waals surface area contributed by atoms with Crippen LogP contribution in [0.3, 0.4) is 0 Å². The molecule has 0 heterocycles. The largest absolute Gasteiger partial charge is 0.325 e. The van der Waals surface area contributed by atoms with E-state index in [4.69, 9.17) is 5.73 Å². The lowest BCUT2D eigenvalue weighted by molar-refractivity contribution is -0.117. The molecule has 3 heteroatoms. The zero-order valence-corrected chi connectivity index (χ0v) is 7.94. The number of benzene rings is 1. The van der Waals surface area contributed by atoms with Crippen LogP contribution in [0.1, 0.15) is 12.8 Å². The van der Waals surface area contributed by atoms with Crippen LogP contribution in [0.5, 0.6) is 0 Å².